The lowest BCUT2D eigenvalue weighted by Crippen LogP contribution is -2.31. The Morgan fingerprint density at radius 1 is 1.00 bits per heavy atom. The van der Waals surface area contributed by atoms with E-state index in [2.05, 4.69) is 47.8 Å². The number of thioether (sulfide) groups is 1. The molecule has 0 aromatic heterocycles. The Kier molecular flexibility index (Phi) is 4.26. The number of benzene rings is 3. The first kappa shape index (κ1) is 15.3. The van der Waals surface area contributed by atoms with Crippen molar-refractivity contribution in [2.24, 2.45) is 0 Å². The molecular formula is C21H19NOS. The molecule has 0 fully saturated rings. The van der Waals surface area contributed by atoms with Gasteiger partial charge in [-0.1, -0.05) is 60.7 Å². The summed E-state index contributed by atoms with van der Waals surface area (Å²) in [5, 5.41) is 5.58. The highest BCUT2D eigenvalue weighted by Gasteiger charge is 2.22. The van der Waals surface area contributed by atoms with Gasteiger partial charge in [-0.2, -0.15) is 0 Å². The summed E-state index contributed by atoms with van der Waals surface area (Å²) in [6.07, 6.45) is 1.41. The van der Waals surface area contributed by atoms with E-state index >= 15 is 0 Å². The van der Waals surface area contributed by atoms with Crippen molar-refractivity contribution in [2.75, 3.05) is 5.75 Å². The van der Waals surface area contributed by atoms with Crippen LogP contribution in [0, 0.1) is 0 Å². The fourth-order valence-corrected chi connectivity index (χ4v) is 4.48. The molecule has 0 saturated carbocycles. The monoisotopic (exact) mass is 333 g/mol. The van der Waals surface area contributed by atoms with Crippen LogP contribution < -0.4 is 5.32 Å². The van der Waals surface area contributed by atoms with Gasteiger partial charge < -0.3 is 5.32 Å². The molecule has 3 aromatic rings. The minimum absolute atomic E-state index is 0.0954. The summed E-state index contributed by atoms with van der Waals surface area (Å²) in [7, 11) is 0. The van der Waals surface area contributed by atoms with Crippen LogP contribution in [0.15, 0.2) is 71.6 Å². The van der Waals surface area contributed by atoms with Crippen LogP contribution in [-0.2, 0) is 11.2 Å². The summed E-state index contributed by atoms with van der Waals surface area (Å²) in [5.41, 5.74) is 2.34. The summed E-state index contributed by atoms with van der Waals surface area (Å²) in [6.45, 7) is 0. The van der Waals surface area contributed by atoms with Crippen molar-refractivity contribution in [3.8, 4) is 0 Å². The van der Waals surface area contributed by atoms with Crippen LogP contribution in [0.25, 0.3) is 10.8 Å². The van der Waals surface area contributed by atoms with Crippen LogP contribution in [0.3, 0.4) is 0 Å². The number of amides is 1. The Morgan fingerprint density at radius 2 is 1.79 bits per heavy atom. The first-order chi connectivity index (χ1) is 11.8. The SMILES string of the molecule is O=C(Cc1cccc2ccccc12)N[C@H]1CCSc2ccccc21. The summed E-state index contributed by atoms with van der Waals surface area (Å²) < 4.78 is 0. The van der Waals surface area contributed by atoms with Gasteiger partial charge in [-0.15, -0.1) is 11.8 Å². The maximum absolute atomic E-state index is 12.6. The highest BCUT2D eigenvalue weighted by atomic mass is 32.2. The first-order valence-electron chi connectivity index (χ1n) is 8.29. The fourth-order valence-electron chi connectivity index (χ4n) is 3.36. The smallest absolute Gasteiger partial charge is 0.224 e. The average molecular weight is 333 g/mol. The number of fused-ring (bicyclic) bond motifs is 2. The zero-order chi connectivity index (χ0) is 16.4. The Labute approximate surface area is 146 Å². The second kappa shape index (κ2) is 6.70. The van der Waals surface area contributed by atoms with E-state index in [-0.39, 0.29) is 11.9 Å². The van der Waals surface area contributed by atoms with Crippen molar-refractivity contribution in [3.63, 3.8) is 0 Å². The zero-order valence-corrected chi connectivity index (χ0v) is 14.2. The van der Waals surface area contributed by atoms with Crippen LogP contribution in [0.4, 0.5) is 0 Å². The maximum atomic E-state index is 12.6. The molecule has 0 aliphatic carbocycles. The number of carbonyl (C=O) groups is 1. The Morgan fingerprint density at radius 3 is 2.75 bits per heavy atom. The van der Waals surface area contributed by atoms with Crippen LogP contribution in [-0.4, -0.2) is 11.7 Å². The van der Waals surface area contributed by atoms with E-state index in [4.69, 9.17) is 0 Å². The molecule has 1 heterocycles. The minimum Gasteiger partial charge on any atom is -0.349 e. The largest absolute Gasteiger partial charge is 0.349 e. The maximum Gasteiger partial charge on any atom is 0.224 e. The molecule has 1 amide bonds. The van der Waals surface area contributed by atoms with Crippen molar-refractivity contribution < 1.29 is 4.79 Å². The molecule has 4 rings (SSSR count). The number of carbonyl (C=O) groups excluding carboxylic acids is 1. The van der Waals surface area contributed by atoms with Gasteiger partial charge in [0.15, 0.2) is 0 Å². The first-order valence-corrected chi connectivity index (χ1v) is 9.27. The number of nitrogens with one attached hydrogen (secondary N) is 1. The quantitative estimate of drug-likeness (QED) is 0.750. The topological polar surface area (TPSA) is 29.1 Å². The molecule has 24 heavy (non-hydrogen) atoms. The lowest BCUT2D eigenvalue weighted by molar-refractivity contribution is -0.121. The van der Waals surface area contributed by atoms with E-state index in [1.807, 2.05) is 36.0 Å². The Hall–Kier alpha value is -2.26. The molecule has 1 atom stereocenters. The molecule has 3 aromatic carbocycles. The van der Waals surface area contributed by atoms with Crippen LogP contribution in [0.5, 0.6) is 0 Å². The molecule has 120 valence electrons. The molecule has 0 unspecified atom stereocenters. The van der Waals surface area contributed by atoms with Gasteiger partial charge in [-0.25, -0.2) is 0 Å². The predicted molar refractivity (Wildman–Crippen MR) is 100 cm³/mol. The Balaban J connectivity index is 1.53. The minimum atomic E-state index is 0.0954. The molecule has 1 aliphatic heterocycles. The molecule has 0 spiro atoms. The lowest BCUT2D eigenvalue weighted by atomic mass is 10.0. The fraction of sp³-hybridized carbons (Fsp3) is 0.190. The third-order valence-corrected chi connectivity index (χ3v) is 5.65. The number of hydrogen-bond donors (Lipinski definition) is 1. The zero-order valence-electron chi connectivity index (χ0n) is 13.4. The van der Waals surface area contributed by atoms with Crippen molar-refractivity contribution in [2.45, 2.75) is 23.8 Å². The molecule has 1 N–H and O–H groups in total. The molecule has 1 aliphatic rings. The summed E-state index contributed by atoms with van der Waals surface area (Å²) >= 11 is 1.87. The summed E-state index contributed by atoms with van der Waals surface area (Å²) in [5.74, 6) is 1.15. The van der Waals surface area contributed by atoms with E-state index in [1.54, 1.807) is 0 Å². The van der Waals surface area contributed by atoms with E-state index < -0.39 is 0 Å². The van der Waals surface area contributed by atoms with Gasteiger partial charge in [-0.05, 0) is 34.4 Å². The van der Waals surface area contributed by atoms with E-state index in [0.29, 0.717) is 6.42 Å². The Bertz CT molecular complexity index is 884. The summed E-state index contributed by atoms with van der Waals surface area (Å²) in [4.78, 5) is 13.9. The van der Waals surface area contributed by atoms with Crippen molar-refractivity contribution in [1.29, 1.82) is 0 Å². The highest BCUT2D eigenvalue weighted by molar-refractivity contribution is 7.99. The van der Waals surface area contributed by atoms with Gasteiger partial charge in [0.1, 0.15) is 0 Å². The predicted octanol–water partition coefficient (Wildman–Crippen LogP) is 4.74. The van der Waals surface area contributed by atoms with Crippen molar-refractivity contribution in [3.05, 3.63) is 77.9 Å². The molecule has 0 bridgehead atoms. The lowest BCUT2D eigenvalue weighted by Gasteiger charge is -2.26. The van der Waals surface area contributed by atoms with Gasteiger partial charge in [0.25, 0.3) is 0 Å². The number of rotatable bonds is 3. The summed E-state index contributed by atoms with van der Waals surface area (Å²) in [6, 6.07) is 22.9. The molecule has 0 radical (unpaired) electrons. The third-order valence-electron chi connectivity index (χ3n) is 4.52. The van der Waals surface area contributed by atoms with Crippen molar-refractivity contribution in [1.82, 2.24) is 5.32 Å². The van der Waals surface area contributed by atoms with Crippen molar-refractivity contribution >= 4 is 28.4 Å². The molecule has 3 heteroatoms. The molecular weight excluding hydrogens is 314 g/mol. The van der Waals surface area contributed by atoms with Gasteiger partial charge >= 0.3 is 0 Å². The highest BCUT2D eigenvalue weighted by Crippen LogP contribution is 2.35. The second-order valence-electron chi connectivity index (χ2n) is 6.11. The second-order valence-corrected chi connectivity index (χ2v) is 7.25. The van der Waals surface area contributed by atoms with E-state index in [9.17, 15) is 4.79 Å². The van der Waals surface area contributed by atoms with Gasteiger partial charge in [-0.3, -0.25) is 4.79 Å². The normalized spacial score (nSPS) is 16.6. The third kappa shape index (κ3) is 3.04. The van der Waals surface area contributed by atoms with Gasteiger partial charge in [0, 0.05) is 10.6 Å². The standard InChI is InChI=1S/C21H19NOS/c23-21(14-16-8-5-7-15-6-1-2-9-17(15)16)22-19-12-13-24-20-11-4-3-10-18(19)20/h1-11,19H,12-14H2,(H,22,23)/t19-/m0/s1. The van der Waals surface area contributed by atoms with Crippen LogP contribution >= 0.6 is 11.8 Å². The molecule has 2 nitrogen and oxygen atoms in total. The number of hydrogen-bond acceptors (Lipinski definition) is 2. The van der Waals surface area contributed by atoms with Crippen LogP contribution in [0.1, 0.15) is 23.6 Å². The average Bonchev–Trinajstić information content (AvgIpc) is 2.62. The van der Waals surface area contributed by atoms with Gasteiger partial charge in [0.2, 0.25) is 5.91 Å². The van der Waals surface area contributed by atoms with Gasteiger partial charge in [0.05, 0.1) is 12.5 Å². The van der Waals surface area contributed by atoms with E-state index in [1.165, 1.54) is 15.8 Å². The molecule has 0 saturated heterocycles. The van der Waals surface area contributed by atoms with E-state index in [0.717, 1.165) is 23.1 Å². The van der Waals surface area contributed by atoms with Crippen LogP contribution in [0.2, 0.25) is 0 Å².